The molecule has 2 rings (SSSR count). The molecule has 0 fully saturated rings. The minimum absolute atomic E-state index is 0.0188. The molecule has 0 bridgehead atoms. The van der Waals surface area contributed by atoms with Crippen LogP contribution in [0.5, 0.6) is 6.01 Å². The summed E-state index contributed by atoms with van der Waals surface area (Å²) < 4.78 is 6.84. The number of aromatic nitrogens is 4. The van der Waals surface area contributed by atoms with Gasteiger partial charge in [-0.15, -0.1) is 0 Å². The summed E-state index contributed by atoms with van der Waals surface area (Å²) in [6.07, 6.45) is 1.92. The number of nitrogens with zero attached hydrogens (tertiary/aromatic N) is 5. The van der Waals surface area contributed by atoms with Crippen molar-refractivity contribution in [3.8, 4) is 11.7 Å². The van der Waals surface area contributed by atoms with Crippen LogP contribution in [0.1, 0.15) is 19.8 Å². The normalized spacial score (nSPS) is 10.4. The molecule has 0 amide bonds. The fraction of sp³-hybridized carbons (Fsp3) is 0.364. The number of ether oxygens (including phenoxy) is 1. The molecule has 0 saturated heterocycles. The van der Waals surface area contributed by atoms with Gasteiger partial charge < -0.3 is 4.74 Å². The van der Waals surface area contributed by atoms with E-state index in [1.54, 1.807) is 12.1 Å². The number of tetrazole rings is 1. The van der Waals surface area contributed by atoms with Gasteiger partial charge in [0.05, 0.1) is 17.2 Å². The molecular formula is C11H13N5O3. The molecule has 0 spiro atoms. The first-order valence-corrected chi connectivity index (χ1v) is 5.88. The highest BCUT2D eigenvalue weighted by Crippen LogP contribution is 2.17. The van der Waals surface area contributed by atoms with Gasteiger partial charge in [0.1, 0.15) is 0 Å². The van der Waals surface area contributed by atoms with E-state index in [-0.39, 0.29) is 11.7 Å². The third kappa shape index (κ3) is 3.03. The van der Waals surface area contributed by atoms with Gasteiger partial charge in [-0.25, -0.2) is 0 Å². The Morgan fingerprint density at radius 3 is 2.74 bits per heavy atom. The SMILES string of the molecule is CCCCOc1nnnn1-c1ccc([N+](=O)[O-])cc1. The van der Waals surface area contributed by atoms with Crippen molar-refractivity contribution in [1.82, 2.24) is 20.2 Å². The van der Waals surface area contributed by atoms with Gasteiger partial charge in [-0.3, -0.25) is 10.1 Å². The summed E-state index contributed by atoms with van der Waals surface area (Å²) in [5.74, 6) is 0. The lowest BCUT2D eigenvalue weighted by Gasteiger charge is -2.05. The molecule has 0 saturated carbocycles. The Bertz CT molecular complexity index is 552. The number of hydrogen-bond acceptors (Lipinski definition) is 6. The van der Waals surface area contributed by atoms with Crippen LogP contribution in [0.3, 0.4) is 0 Å². The zero-order valence-electron chi connectivity index (χ0n) is 10.4. The highest BCUT2D eigenvalue weighted by molar-refractivity contribution is 5.40. The molecule has 8 nitrogen and oxygen atoms in total. The van der Waals surface area contributed by atoms with Crippen LogP contribution in [0.15, 0.2) is 24.3 Å². The van der Waals surface area contributed by atoms with Gasteiger partial charge in [-0.1, -0.05) is 18.4 Å². The first kappa shape index (κ1) is 12.9. The smallest absolute Gasteiger partial charge is 0.340 e. The summed E-state index contributed by atoms with van der Waals surface area (Å²) in [7, 11) is 0. The second-order valence-corrected chi connectivity index (χ2v) is 3.85. The number of nitro benzene ring substituents is 1. The quantitative estimate of drug-likeness (QED) is 0.447. The summed E-state index contributed by atoms with van der Waals surface area (Å²) in [6, 6.07) is 6.21. The van der Waals surface area contributed by atoms with Crippen molar-refractivity contribution in [1.29, 1.82) is 0 Å². The average molecular weight is 263 g/mol. The van der Waals surface area contributed by atoms with E-state index < -0.39 is 4.92 Å². The first-order valence-electron chi connectivity index (χ1n) is 5.88. The number of non-ortho nitro benzene ring substituents is 1. The summed E-state index contributed by atoms with van der Waals surface area (Å²) in [5.41, 5.74) is 0.632. The molecule has 19 heavy (non-hydrogen) atoms. The fourth-order valence-electron chi connectivity index (χ4n) is 1.45. The Labute approximate surface area is 109 Å². The maximum absolute atomic E-state index is 10.6. The Hall–Kier alpha value is -2.51. The second kappa shape index (κ2) is 5.89. The zero-order chi connectivity index (χ0) is 13.7. The van der Waals surface area contributed by atoms with Crippen LogP contribution >= 0.6 is 0 Å². The first-order chi connectivity index (χ1) is 9.22. The third-order valence-corrected chi connectivity index (χ3v) is 2.48. The van der Waals surface area contributed by atoms with Crippen LogP contribution in [0.25, 0.3) is 5.69 Å². The molecule has 0 radical (unpaired) electrons. The third-order valence-electron chi connectivity index (χ3n) is 2.48. The molecule has 8 heteroatoms. The van der Waals surface area contributed by atoms with E-state index in [2.05, 4.69) is 22.4 Å². The molecule has 0 aliphatic carbocycles. The average Bonchev–Trinajstić information content (AvgIpc) is 2.87. The lowest BCUT2D eigenvalue weighted by Crippen LogP contribution is -2.05. The van der Waals surface area contributed by atoms with Gasteiger partial charge in [0.2, 0.25) is 0 Å². The molecule has 0 aliphatic rings. The number of unbranched alkanes of at least 4 members (excludes halogenated alkanes) is 1. The van der Waals surface area contributed by atoms with Gasteiger partial charge in [0.15, 0.2) is 0 Å². The Balaban J connectivity index is 2.17. The monoisotopic (exact) mass is 263 g/mol. The van der Waals surface area contributed by atoms with Gasteiger partial charge in [0.25, 0.3) is 5.69 Å². The van der Waals surface area contributed by atoms with E-state index in [1.807, 2.05) is 0 Å². The van der Waals surface area contributed by atoms with Crippen molar-refractivity contribution in [2.45, 2.75) is 19.8 Å². The van der Waals surface area contributed by atoms with Crippen molar-refractivity contribution in [2.24, 2.45) is 0 Å². The lowest BCUT2D eigenvalue weighted by atomic mass is 10.3. The summed E-state index contributed by atoms with van der Waals surface area (Å²) in [4.78, 5) is 10.1. The predicted molar refractivity (Wildman–Crippen MR) is 66.2 cm³/mol. The van der Waals surface area contributed by atoms with E-state index in [0.717, 1.165) is 12.8 Å². The topological polar surface area (TPSA) is 96.0 Å². The standard InChI is InChI=1S/C11H13N5O3/c1-2-3-8-19-11-12-13-14-15(11)9-4-6-10(7-5-9)16(17)18/h4-7H,2-3,8H2,1H3. The minimum Gasteiger partial charge on any atom is -0.462 e. The highest BCUT2D eigenvalue weighted by Gasteiger charge is 2.11. The van der Waals surface area contributed by atoms with Crippen molar-refractivity contribution in [3.63, 3.8) is 0 Å². The number of hydrogen-bond donors (Lipinski definition) is 0. The van der Waals surface area contributed by atoms with Crippen LogP contribution in [-0.2, 0) is 0 Å². The van der Waals surface area contributed by atoms with E-state index >= 15 is 0 Å². The minimum atomic E-state index is -0.456. The molecule has 100 valence electrons. The predicted octanol–water partition coefficient (Wildman–Crippen LogP) is 1.75. The van der Waals surface area contributed by atoms with Crippen LogP contribution < -0.4 is 4.74 Å². The number of nitro groups is 1. The molecule has 0 aliphatic heterocycles. The van der Waals surface area contributed by atoms with Gasteiger partial charge >= 0.3 is 6.01 Å². The zero-order valence-corrected chi connectivity index (χ0v) is 10.4. The Morgan fingerprint density at radius 2 is 2.11 bits per heavy atom. The summed E-state index contributed by atoms with van der Waals surface area (Å²) >= 11 is 0. The lowest BCUT2D eigenvalue weighted by molar-refractivity contribution is -0.384. The molecule has 0 atom stereocenters. The van der Waals surface area contributed by atoms with Crippen molar-refractivity contribution in [3.05, 3.63) is 34.4 Å². The summed E-state index contributed by atoms with van der Waals surface area (Å²) in [5, 5.41) is 21.7. The van der Waals surface area contributed by atoms with Crippen molar-refractivity contribution < 1.29 is 9.66 Å². The van der Waals surface area contributed by atoms with Gasteiger partial charge in [0, 0.05) is 12.1 Å². The molecule has 1 aromatic heterocycles. The maximum Gasteiger partial charge on any atom is 0.340 e. The Morgan fingerprint density at radius 1 is 1.37 bits per heavy atom. The van der Waals surface area contributed by atoms with Crippen LogP contribution in [-0.4, -0.2) is 31.7 Å². The number of rotatable bonds is 6. The summed E-state index contributed by atoms with van der Waals surface area (Å²) in [6.45, 7) is 2.59. The molecular weight excluding hydrogens is 250 g/mol. The van der Waals surface area contributed by atoms with Crippen molar-refractivity contribution in [2.75, 3.05) is 6.61 Å². The van der Waals surface area contributed by atoms with E-state index in [4.69, 9.17) is 4.74 Å². The molecule has 0 unspecified atom stereocenters. The van der Waals surface area contributed by atoms with Crippen LogP contribution in [0.2, 0.25) is 0 Å². The largest absolute Gasteiger partial charge is 0.462 e. The van der Waals surface area contributed by atoms with Gasteiger partial charge in [-0.2, -0.15) is 4.68 Å². The second-order valence-electron chi connectivity index (χ2n) is 3.85. The molecule has 2 aromatic rings. The van der Waals surface area contributed by atoms with Gasteiger partial charge in [-0.05, 0) is 29.0 Å². The fourth-order valence-corrected chi connectivity index (χ4v) is 1.45. The Kier molecular flexibility index (Phi) is 4.01. The van der Waals surface area contributed by atoms with E-state index in [0.29, 0.717) is 12.3 Å². The van der Waals surface area contributed by atoms with E-state index in [9.17, 15) is 10.1 Å². The van der Waals surface area contributed by atoms with Crippen molar-refractivity contribution >= 4 is 5.69 Å². The van der Waals surface area contributed by atoms with Crippen LogP contribution in [0.4, 0.5) is 5.69 Å². The van der Waals surface area contributed by atoms with E-state index in [1.165, 1.54) is 16.8 Å². The molecule has 1 heterocycles. The molecule has 0 N–H and O–H groups in total. The molecule has 1 aromatic carbocycles. The maximum atomic E-state index is 10.6. The highest BCUT2D eigenvalue weighted by atomic mass is 16.6. The van der Waals surface area contributed by atoms with Crippen LogP contribution in [0, 0.1) is 10.1 Å². The number of benzene rings is 1.